The minimum absolute atomic E-state index is 0.0569. The van der Waals surface area contributed by atoms with E-state index in [9.17, 15) is 10.1 Å². The van der Waals surface area contributed by atoms with Crippen molar-refractivity contribution in [2.45, 2.75) is 13.0 Å². The highest BCUT2D eigenvalue weighted by molar-refractivity contribution is 6.35. The fourth-order valence-corrected chi connectivity index (χ4v) is 3.24. The molecule has 0 amide bonds. The maximum atomic E-state index is 13.3. The number of aromatic amines is 1. The molecule has 0 aliphatic carbocycles. The molecule has 4 rings (SSSR count). The summed E-state index contributed by atoms with van der Waals surface area (Å²) in [5, 5.41) is 19.7. The van der Waals surface area contributed by atoms with Gasteiger partial charge in [-0.15, -0.1) is 0 Å². The molecule has 4 aromatic rings. The molecule has 0 radical (unpaired) electrons. The molecule has 10 nitrogen and oxygen atoms in total. The Morgan fingerprint density at radius 1 is 1.34 bits per heavy atom. The van der Waals surface area contributed by atoms with E-state index < -0.39 is 6.04 Å². The SMILES string of the molecule is CC(Nc1ncnc(N)c1C#N)c1nc2cccc(Cl)c2c(=O)n1-c1ccn[nH]1. The summed E-state index contributed by atoms with van der Waals surface area (Å²) < 4.78 is 1.38. The van der Waals surface area contributed by atoms with Gasteiger partial charge >= 0.3 is 0 Å². The molecular weight excluding hydrogens is 394 g/mol. The van der Waals surface area contributed by atoms with E-state index in [1.54, 1.807) is 31.2 Å². The fraction of sp³-hybridized carbons (Fsp3) is 0.111. The minimum Gasteiger partial charge on any atom is -0.382 e. The molecule has 0 aliphatic rings. The maximum absolute atomic E-state index is 13.3. The Labute approximate surface area is 169 Å². The normalized spacial score (nSPS) is 11.9. The maximum Gasteiger partial charge on any atom is 0.268 e. The lowest BCUT2D eigenvalue weighted by molar-refractivity contribution is 0.719. The third-order valence-electron chi connectivity index (χ3n) is 4.33. The van der Waals surface area contributed by atoms with Crippen molar-refractivity contribution in [1.29, 1.82) is 5.26 Å². The van der Waals surface area contributed by atoms with E-state index in [2.05, 4.69) is 30.5 Å². The molecule has 4 N–H and O–H groups in total. The summed E-state index contributed by atoms with van der Waals surface area (Å²) in [5.74, 6) is 1.09. The van der Waals surface area contributed by atoms with Gasteiger partial charge in [0.15, 0.2) is 0 Å². The molecule has 0 saturated heterocycles. The zero-order chi connectivity index (χ0) is 20.5. The smallest absolute Gasteiger partial charge is 0.268 e. The molecule has 0 saturated carbocycles. The molecule has 3 heterocycles. The van der Waals surface area contributed by atoms with Crippen LogP contribution in [-0.4, -0.2) is 29.7 Å². The molecule has 1 aromatic carbocycles. The summed E-state index contributed by atoms with van der Waals surface area (Å²) in [4.78, 5) is 25.8. The molecule has 0 aliphatic heterocycles. The number of hydrogen-bond acceptors (Lipinski definition) is 8. The lowest BCUT2D eigenvalue weighted by Crippen LogP contribution is -2.28. The lowest BCUT2D eigenvalue weighted by atomic mass is 10.2. The first-order chi connectivity index (χ1) is 14.0. The number of aromatic nitrogens is 6. The highest BCUT2D eigenvalue weighted by Gasteiger charge is 2.21. The van der Waals surface area contributed by atoms with E-state index in [4.69, 9.17) is 17.3 Å². The first-order valence-corrected chi connectivity index (χ1v) is 8.87. The summed E-state index contributed by atoms with van der Waals surface area (Å²) in [7, 11) is 0. The summed E-state index contributed by atoms with van der Waals surface area (Å²) >= 11 is 6.25. The van der Waals surface area contributed by atoms with Crippen LogP contribution in [0.5, 0.6) is 0 Å². The molecule has 29 heavy (non-hydrogen) atoms. The molecular formula is C18H14ClN9O. The molecule has 1 unspecified atom stereocenters. The van der Waals surface area contributed by atoms with Crippen LogP contribution in [0.2, 0.25) is 5.02 Å². The third kappa shape index (κ3) is 3.13. The van der Waals surface area contributed by atoms with Gasteiger partial charge < -0.3 is 11.1 Å². The second-order valence-electron chi connectivity index (χ2n) is 6.15. The van der Waals surface area contributed by atoms with Crippen molar-refractivity contribution in [2.75, 3.05) is 11.1 Å². The third-order valence-corrected chi connectivity index (χ3v) is 4.64. The summed E-state index contributed by atoms with van der Waals surface area (Å²) in [5.41, 5.74) is 5.96. The Kier molecular flexibility index (Phi) is 4.58. The van der Waals surface area contributed by atoms with Gasteiger partial charge in [0.05, 0.1) is 28.2 Å². The largest absolute Gasteiger partial charge is 0.382 e. The van der Waals surface area contributed by atoms with Crippen molar-refractivity contribution in [3.05, 3.63) is 63.6 Å². The predicted molar refractivity (Wildman–Crippen MR) is 108 cm³/mol. The highest BCUT2D eigenvalue weighted by atomic mass is 35.5. The van der Waals surface area contributed by atoms with Crippen molar-refractivity contribution >= 4 is 34.1 Å². The molecule has 144 valence electrons. The van der Waals surface area contributed by atoms with Crippen molar-refractivity contribution in [2.24, 2.45) is 0 Å². The molecule has 0 fully saturated rings. The Balaban J connectivity index is 1.92. The van der Waals surface area contributed by atoms with E-state index in [1.807, 2.05) is 6.07 Å². The average Bonchev–Trinajstić information content (AvgIpc) is 3.22. The zero-order valence-corrected chi connectivity index (χ0v) is 15.8. The number of anilines is 2. The van der Waals surface area contributed by atoms with Crippen LogP contribution in [0.25, 0.3) is 16.7 Å². The van der Waals surface area contributed by atoms with Gasteiger partial charge in [0.1, 0.15) is 41.2 Å². The van der Waals surface area contributed by atoms with E-state index in [0.717, 1.165) is 0 Å². The van der Waals surface area contributed by atoms with E-state index >= 15 is 0 Å². The van der Waals surface area contributed by atoms with Crippen LogP contribution in [0, 0.1) is 11.3 Å². The van der Waals surface area contributed by atoms with Gasteiger partial charge in [0.25, 0.3) is 5.56 Å². The number of nitriles is 1. The van der Waals surface area contributed by atoms with Gasteiger partial charge in [0.2, 0.25) is 0 Å². The number of H-pyrrole nitrogens is 1. The average molecular weight is 408 g/mol. The number of nitrogen functional groups attached to an aromatic ring is 1. The first kappa shape index (κ1) is 18.4. The Bertz CT molecular complexity index is 1310. The monoisotopic (exact) mass is 407 g/mol. The van der Waals surface area contributed by atoms with Crippen LogP contribution in [0.3, 0.4) is 0 Å². The van der Waals surface area contributed by atoms with Crippen molar-refractivity contribution in [3.8, 4) is 11.9 Å². The van der Waals surface area contributed by atoms with E-state index in [0.29, 0.717) is 27.6 Å². The van der Waals surface area contributed by atoms with Gasteiger partial charge in [0, 0.05) is 6.07 Å². The van der Waals surface area contributed by atoms with Crippen molar-refractivity contribution < 1.29 is 0 Å². The van der Waals surface area contributed by atoms with Crippen LogP contribution in [0.15, 0.2) is 41.6 Å². The van der Waals surface area contributed by atoms with Crippen LogP contribution in [-0.2, 0) is 0 Å². The molecule has 11 heteroatoms. The number of fused-ring (bicyclic) bond motifs is 1. The zero-order valence-electron chi connectivity index (χ0n) is 15.1. The predicted octanol–water partition coefficient (Wildman–Crippen LogP) is 2.18. The molecule has 3 aromatic heterocycles. The van der Waals surface area contributed by atoms with Gasteiger partial charge in [-0.3, -0.25) is 9.89 Å². The summed E-state index contributed by atoms with van der Waals surface area (Å²) in [6.45, 7) is 1.78. The number of nitrogens with one attached hydrogen (secondary N) is 2. The van der Waals surface area contributed by atoms with E-state index in [1.165, 1.54) is 17.1 Å². The molecule has 1 atom stereocenters. The van der Waals surface area contributed by atoms with Crippen LogP contribution in [0.1, 0.15) is 24.4 Å². The van der Waals surface area contributed by atoms with E-state index in [-0.39, 0.29) is 22.8 Å². The Morgan fingerprint density at radius 3 is 2.90 bits per heavy atom. The van der Waals surface area contributed by atoms with Gasteiger partial charge in [-0.25, -0.2) is 19.5 Å². The van der Waals surface area contributed by atoms with Gasteiger partial charge in [-0.1, -0.05) is 17.7 Å². The Morgan fingerprint density at radius 2 is 2.17 bits per heavy atom. The number of nitrogens with zero attached hydrogens (tertiary/aromatic N) is 6. The number of hydrogen-bond donors (Lipinski definition) is 3. The number of nitrogens with two attached hydrogens (primary N) is 1. The highest BCUT2D eigenvalue weighted by Crippen LogP contribution is 2.25. The van der Waals surface area contributed by atoms with Crippen LogP contribution >= 0.6 is 11.6 Å². The number of halogens is 1. The second-order valence-corrected chi connectivity index (χ2v) is 6.55. The van der Waals surface area contributed by atoms with Crippen molar-refractivity contribution in [3.63, 3.8) is 0 Å². The number of rotatable bonds is 4. The van der Waals surface area contributed by atoms with Crippen molar-refractivity contribution in [1.82, 2.24) is 29.7 Å². The Hall–Kier alpha value is -3.97. The topological polar surface area (TPSA) is 151 Å². The minimum atomic E-state index is -0.532. The second kappa shape index (κ2) is 7.21. The standard InChI is InChI=1S/C18H14ClN9O/c1-9(25-16-10(7-20)15(21)22-8-23-16)17-26-12-4-2-3-11(19)14(12)18(29)28(17)13-5-6-24-27-13/h2-6,8-9H,1H3,(H,24,27)(H3,21,22,23,25). The van der Waals surface area contributed by atoms with Gasteiger partial charge in [-0.05, 0) is 19.1 Å². The van der Waals surface area contributed by atoms with Crippen LogP contribution < -0.4 is 16.6 Å². The number of benzene rings is 1. The van der Waals surface area contributed by atoms with Crippen LogP contribution in [0.4, 0.5) is 11.6 Å². The lowest BCUT2D eigenvalue weighted by Gasteiger charge is -2.19. The summed E-state index contributed by atoms with van der Waals surface area (Å²) in [6.07, 6.45) is 2.78. The molecule has 0 spiro atoms. The van der Waals surface area contributed by atoms with Gasteiger partial charge in [-0.2, -0.15) is 10.4 Å². The molecule has 0 bridgehead atoms. The quantitative estimate of drug-likeness (QED) is 0.465. The first-order valence-electron chi connectivity index (χ1n) is 8.49. The summed E-state index contributed by atoms with van der Waals surface area (Å²) in [6, 6.07) is 8.15. The fourth-order valence-electron chi connectivity index (χ4n) is 2.99.